The number of carbonyl (C=O) groups excluding carboxylic acids is 2. The van der Waals surface area contributed by atoms with Gasteiger partial charge in [-0.3, -0.25) is 19.4 Å². The van der Waals surface area contributed by atoms with Crippen LogP contribution in [0.1, 0.15) is 28.3 Å². The zero-order valence-electron chi connectivity index (χ0n) is 20.3. The molecule has 4 heterocycles. The van der Waals surface area contributed by atoms with E-state index in [-0.39, 0.29) is 11.7 Å². The topological polar surface area (TPSA) is 110 Å². The molecule has 0 radical (unpaired) electrons. The minimum absolute atomic E-state index is 0.0380. The highest BCUT2D eigenvalue weighted by Gasteiger charge is 2.31. The molecule has 2 aliphatic heterocycles. The normalized spacial score (nSPS) is 18.9. The van der Waals surface area contributed by atoms with Crippen molar-refractivity contribution in [3.05, 3.63) is 65.9 Å². The number of hydrogen-bond acceptors (Lipinski definition) is 7. The Kier molecular flexibility index (Phi) is 7.19. The van der Waals surface area contributed by atoms with E-state index in [0.29, 0.717) is 25.3 Å². The number of nitrogens with one attached hydrogen (secondary N) is 1. The Balaban J connectivity index is 1.19. The molecule has 1 saturated heterocycles. The molecule has 0 bridgehead atoms. The molecule has 188 valence electrons. The predicted molar refractivity (Wildman–Crippen MR) is 133 cm³/mol. The number of aryl methyl sites for hydroxylation is 1. The second-order valence-corrected chi connectivity index (χ2v) is 8.93. The van der Waals surface area contributed by atoms with Crippen LogP contribution in [-0.2, 0) is 22.6 Å². The standard InChI is InChI=1S/C25H30N8O3/c1-30-22-16-20(8-5-10-31-12-14-36-15-13-31)28-33(22)11-9-21(25(30)35)27-24(34)23-26-18-32(29-23)17-19-6-3-2-4-7-19/h2-8,16,18,21H,9-15,17H2,1H3,(H,27,34)/b8-5+. The Morgan fingerprint density at radius 1 is 1.17 bits per heavy atom. The van der Waals surface area contributed by atoms with Gasteiger partial charge < -0.3 is 10.1 Å². The summed E-state index contributed by atoms with van der Waals surface area (Å²) in [6.07, 6.45) is 6.01. The van der Waals surface area contributed by atoms with Crippen LogP contribution in [0.5, 0.6) is 0 Å². The number of hydrogen-bond donors (Lipinski definition) is 1. The lowest BCUT2D eigenvalue weighted by Crippen LogP contribution is -2.47. The van der Waals surface area contributed by atoms with E-state index in [2.05, 4.69) is 31.5 Å². The number of anilines is 1. The number of carbonyl (C=O) groups is 2. The molecule has 5 rings (SSSR count). The van der Waals surface area contributed by atoms with Gasteiger partial charge in [-0.15, -0.1) is 5.10 Å². The smallest absolute Gasteiger partial charge is 0.291 e. The van der Waals surface area contributed by atoms with Gasteiger partial charge in [0.1, 0.15) is 18.2 Å². The van der Waals surface area contributed by atoms with Crippen LogP contribution in [-0.4, -0.2) is 87.2 Å². The number of morpholine rings is 1. The molecule has 1 aromatic carbocycles. The summed E-state index contributed by atoms with van der Waals surface area (Å²) in [5.41, 5.74) is 1.85. The Morgan fingerprint density at radius 2 is 1.97 bits per heavy atom. The maximum Gasteiger partial charge on any atom is 0.291 e. The summed E-state index contributed by atoms with van der Waals surface area (Å²) in [7, 11) is 1.70. The molecule has 0 spiro atoms. The van der Waals surface area contributed by atoms with E-state index < -0.39 is 11.9 Å². The summed E-state index contributed by atoms with van der Waals surface area (Å²) in [6, 6.07) is 11.0. The summed E-state index contributed by atoms with van der Waals surface area (Å²) in [6.45, 7) is 5.24. The highest BCUT2D eigenvalue weighted by molar-refractivity contribution is 6.00. The molecule has 1 atom stereocenters. The van der Waals surface area contributed by atoms with Gasteiger partial charge in [-0.25, -0.2) is 14.3 Å². The Hall–Kier alpha value is -3.83. The van der Waals surface area contributed by atoms with Crippen LogP contribution in [0.2, 0.25) is 0 Å². The van der Waals surface area contributed by atoms with Crippen LogP contribution in [0.15, 0.2) is 48.8 Å². The van der Waals surface area contributed by atoms with Crippen LogP contribution in [0.25, 0.3) is 6.08 Å². The van der Waals surface area contributed by atoms with Gasteiger partial charge in [0.25, 0.3) is 11.8 Å². The monoisotopic (exact) mass is 490 g/mol. The molecule has 2 aromatic heterocycles. The fraction of sp³-hybridized carbons (Fsp3) is 0.400. The molecule has 2 amide bonds. The second-order valence-electron chi connectivity index (χ2n) is 8.93. The van der Waals surface area contributed by atoms with E-state index in [4.69, 9.17) is 4.74 Å². The first kappa shape index (κ1) is 23.9. The molecule has 36 heavy (non-hydrogen) atoms. The molecule has 3 aromatic rings. The van der Waals surface area contributed by atoms with Gasteiger partial charge in [-0.1, -0.05) is 36.4 Å². The molecule has 11 nitrogen and oxygen atoms in total. The van der Waals surface area contributed by atoms with Gasteiger partial charge in [-0.05, 0) is 18.1 Å². The SMILES string of the molecule is CN1C(=O)C(NC(=O)c2ncn(Cc3ccccc3)n2)CCn2nc(/C=C/CN3CCOCC3)cc21. The first-order chi connectivity index (χ1) is 17.6. The van der Waals surface area contributed by atoms with Gasteiger partial charge in [0.2, 0.25) is 5.82 Å². The van der Waals surface area contributed by atoms with Crippen molar-refractivity contribution in [1.82, 2.24) is 34.8 Å². The summed E-state index contributed by atoms with van der Waals surface area (Å²) < 4.78 is 8.80. The summed E-state index contributed by atoms with van der Waals surface area (Å²) in [5.74, 6) is 0.0681. The number of aromatic nitrogens is 5. The van der Waals surface area contributed by atoms with E-state index in [1.165, 1.54) is 6.33 Å². The zero-order chi connectivity index (χ0) is 24.9. The number of likely N-dealkylation sites (N-methyl/N-ethyl adjacent to an activating group) is 1. The van der Waals surface area contributed by atoms with Crippen LogP contribution in [0.3, 0.4) is 0 Å². The summed E-state index contributed by atoms with van der Waals surface area (Å²) in [5, 5.41) is 11.7. The lowest BCUT2D eigenvalue weighted by Gasteiger charge is -2.24. The van der Waals surface area contributed by atoms with Crippen molar-refractivity contribution in [2.45, 2.75) is 25.6 Å². The lowest BCUT2D eigenvalue weighted by atomic mass is 10.2. The van der Waals surface area contributed by atoms with Crippen molar-refractivity contribution < 1.29 is 14.3 Å². The van der Waals surface area contributed by atoms with Crippen LogP contribution in [0.4, 0.5) is 5.82 Å². The first-order valence-corrected chi connectivity index (χ1v) is 12.1. The molecule has 0 saturated carbocycles. The molecule has 1 unspecified atom stereocenters. The molecule has 2 aliphatic rings. The average Bonchev–Trinajstić information content (AvgIpc) is 3.52. The van der Waals surface area contributed by atoms with E-state index in [1.54, 1.807) is 16.6 Å². The minimum atomic E-state index is -0.689. The van der Waals surface area contributed by atoms with Crippen molar-refractivity contribution in [3.63, 3.8) is 0 Å². The van der Waals surface area contributed by atoms with Crippen molar-refractivity contribution in [2.75, 3.05) is 44.8 Å². The second kappa shape index (κ2) is 10.8. The fourth-order valence-electron chi connectivity index (χ4n) is 4.37. The van der Waals surface area contributed by atoms with Gasteiger partial charge in [-0.2, -0.15) is 5.10 Å². The molecular weight excluding hydrogens is 460 g/mol. The number of rotatable bonds is 7. The predicted octanol–water partition coefficient (Wildman–Crippen LogP) is 1.03. The van der Waals surface area contributed by atoms with Crippen molar-refractivity contribution >= 4 is 23.7 Å². The summed E-state index contributed by atoms with van der Waals surface area (Å²) >= 11 is 0. The van der Waals surface area contributed by atoms with E-state index >= 15 is 0 Å². The third kappa shape index (κ3) is 5.52. The number of benzene rings is 1. The molecule has 0 aliphatic carbocycles. The Morgan fingerprint density at radius 3 is 2.78 bits per heavy atom. The van der Waals surface area contributed by atoms with Crippen LogP contribution in [0, 0.1) is 0 Å². The minimum Gasteiger partial charge on any atom is -0.379 e. The number of fused-ring (bicyclic) bond motifs is 1. The number of nitrogens with zero attached hydrogens (tertiary/aromatic N) is 7. The number of amides is 2. The average molecular weight is 491 g/mol. The fourth-order valence-corrected chi connectivity index (χ4v) is 4.37. The first-order valence-electron chi connectivity index (χ1n) is 12.1. The molecular formula is C25H30N8O3. The molecule has 1 N–H and O–H groups in total. The maximum atomic E-state index is 13.1. The van der Waals surface area contributed by atoms with E-state index in [9.17, 15) is 9.59 Å². The summed E-state index contributed by atoms with van der Waals surface area (Å²) in [4.78, 5) is 33.9. The van der Waals surface area contributed by atoms with Crippen LogP contribution < -0.4 is 10.2 Å². The number of ether oxygens (including phenoxy) is 1. The lowest BCUT2D eigenvalue weighted by molar-refractivity contribution is -0.120. The third-order valence-electron chi connectivity index (χ3n) is 6.37. The Labute approximate surface area is 209 Å². The van der Waals surface area contributed by atoms with Crippen LogP contribution >= 0.6 is 0 Å². The van der Waals surface area contributed by atoms with Gasteiger partial charge in [0.15, 0.2) is 0 Å². The molecule has 11 heteroatoms. The third-order valence-corrected chi connectivity index (χ3v) is 6.37. The molecule has 1 fully saturated rings. The quantitative estimate of drug-likeness (QED) is 0.527. The highest BCUT2D eigenvalue weighted by atomic mass is 16.5. The Bertz CT molecular complexity index is 1230. The maximum absolute atomic E-state index is 13.1. The van der Waals surface area contributed by atoms with Gasteiger partial charge in [0.05, 0.1) is 25.5 Å². The highest BCUT2D eigenvalue weighted by Crippen LogP contribution is 2.22. The van der Waals surface area contributed by atoms with Crippen molar-refractivity contribution in [1.29, 1.82) is 0 Å². The van der Waals surface area contributed by atoms with Gasteiger partial charge >= 0.3 is 0 Å². The zero-order valence-corrected chi connectivity index (χ0v) is 20.3. The van der Waals surface area contributed by atoms with E-state index in [1.807, 2.05) is 47.2 Å². The largest absolute Gasteiger partial charge is 0.379 e. The van der Waals surface area contributed by atoms with Crippen molar-refractivity contribution in [2.24, 2.45) is 0 Å². The van der Waals surface area contributed by atoms with Gasteiger partial charge in [0, 0.05) is 39.3 Å². The van der Waals surface area contributed by atoms with E-state index in [0.717, 1.165) is 44.1 Å². The van der Waals surface area contributed by atoms with Crippen molar-refractivity contribution in [3.8, 4) is 0 Å².